The van der Waals surface area contributed by atoms with Crippen LogP contribution in [-0.4, -0.2) is 5.78 Å². The van der Waals surface area contributed by atoms with Crippen LogP contribution in [0.3, 0.4) is 0 Å². The predicted molar refractivity (Wildman–Crippen MR) is 111 cm³/mol. The Kier molecular flexibility index (Phi) is 4.85. The van der Waals surface area contributed by atoms with E-state index in [-0.39, 0.29) is 5.78 Å². The van der Waals surface area contributed by atoms with Crippen molar-refractivity contribution in [2.24, 2.45) is 0 Å². The van der Waals surface area contributed by atoms with E-state index in [4.69, 9.17) is 27.6 Å². The lowest BCUT2D eigenvalue weighted by atomic mass is 10.0. The number of allylic oxidation sites excluding steroid dienone is 1. The first-order valence-electron chi connectivity index (χ1n) is 8.37. The molecule has 0 bridgehead atoms. The van der Waals surface area contributed by atoms with Crippen LogP contribution in [0.4, 0.5) is 0 Å². The molecule has 3 aromatic carbocycles. The van der Waals surface area contributed by atoms with Gasteiger partial charge in [0.1, 0.15) is 11.5 Å². The molecule has 0 aliphatic rings. The minimum atomic E-state index is -0.0757. The summed E-state index contributed by atoms with van der Waals surface area (Å²) in [5.74, 6) is 1.17. The van der Waals surface area contributed by atoms with E-state index in [1.807, 2.05) is 60.7 Å². The van der Waals surface area contributed by atoms with Crippen molar-refractivity contribution < 1.29 is 9.21 Å². The van der Waals surface area contributed by atoms with Gasteiger partial charge in [-0.15, -0.1) is 0 Å². The number of hydrogen-bond donors (Lipinski definition) is 0. The van der Waals surface area contributed by atoms with Crippen LogP contribution in [0, 0.1) is 0 Å². The molecular weight excluding hydrogens is 379 g/mol. The fraction of sp³-hybridized carbons (Fsp3) is 0. The van der Waals surface area contributed by atoms with Crippen molar-refractivity contribution in [3.8, 4) is 11.3 Å². The van der Waals surface area contributed by atoms with Crippen LogP contribution in [0.5, 0.6) is 0 Å². The molecule has 0 amide bonds. The van der Waals surface area contributed by atoms with Crippen LogP contribution in [0.25, 0.3) is 28.2 Å². The number of hydrogen-bond acceptors (Lipinski definition) is 2. The number of rotatable bonds is 4. The summed E-state index contributed by atoms with van der Waals surface area (Å²) in [5, 5.41) is 3.11. The summed E-state index contributed by atoms with van der Waals surface area (Å²) < 4.78 is 5.78. The molecule has 4 heteroatoms. The Morgan fingerprint density at radius 1 is 0.815 bits per heavy atom. The van der Waals surface area contributed by atoms with Gasteiger partial charge in [-0.25, -0.2) is 0 Å². The minimum absolute atomic E-state index is 0.0757. The standard InChI is InChI=1S/C23H14Cl2O2/c24-20-10-7-18(14-21(20)25)23-12-9-19(27-23)8-11-22(26)17-6-5-15-3-1-2-4-16(15)13-17/h1-14H/b11-8+. The van der Waals surface area contributed by atoms with Gasteiger partial charge in [0.15, 0.2) is 5.78 Å². The average molecular weight is 393 g/mol. The summed E-state index contributed by atoms with van der Waals surface area (Å²) >= 11 is 12.0. The van der Waals surface area contributed by atoms with Crippen LogP contribution >= 0.6 is 23.2 Å². The van der Waals surface area contributed by atoms with Crippen LogP contribution in [0.2, 0.25) is 10.0 Å². The fourth-order valence-electron chi connectivity index (χ4n) is 2.84. The Balaban J connectivity index is 1.54. The van der Waals surface area contributed by atoms with Crippen LogP contribution in [-0.2, 0) is 0 Å². The quantitative estimate of drug-likeness (QED) is 0.269. The van der Waals surface area contributed by atoms with Gasteiger partial charge in [-0.2, -0.15) is 0 Å². The largest absolute Gasteiger partial charge is 0.457 e. The topological polar surface area (TPSA) is 30.2 Å². The van der Waals surface area contributed by atoms with Gasteiger partial charge in [-0.05, 0) is 59.3 Å². The minimum Gasteiger partial charge on any atom is -0.457 e. The Hall–Kier alpha value is -2.81. The molecule has 1 heterocycles. The van der Waals surface area contributed by atoms with Gasteiger partial charge in [-0.3, -0.25) is 4.79 Å². The lowest BCUT2D eigenvalue weighted by Crippen LogP contribution is -1.93. The molecule has 2 nitrogen and oxygen atoms in total. The van der Waals surface area contributed by atoms with Gasteiger partial charge in [0.2, 0.25) is 0 Å². The van der Waals surface area contributed by atoms with Gasteiger partial charge >= 0.3 is 0 Å². The third-order valence-electron chi connectivity index (χ3n) is 4.26. The molecule has 27 heavy (non-hydrogen) atoms. The summed E-state index contributed by atoms with van der Waals surface area (Å²) in [4.78, 5) is 12.5. The molecule has 4 aromatic rings. The molecule has 0 spiro atoms. The third-order valence-corrected chi connectivity index (χ3v) is 5.00. The Labute approximate surface area is 166 Å². The van der Waals surface area contributed by atoms with E-state index >= 15 is 0 Å². The van der Waals surface area contributed by atoms with E-state index in [1.54, 1.807) is 18.2 Å². The molecule has 0 saturated heterocycles. The fourth-order valence-corrected chi connectivity index (χ4v) is 3.14. The van der Waals surface area contributed by atoms with Crippen LogP contribution in [0.15, 0.2) is 83.3 Å². The van der Waals surface area contributed by atoms with E-state index in [1.165, 1.54) is 6.08 Å². The predicted octanol–water partition coefficient (Wildman–Crippen LogP) is 7.30. The summed E-state index contributed by atoms with van der Waals surface area (Å²) in [5.41, 5.74) is 1.46. The number of carbonyl (C=O) groups is 1. The number of carbonyl (C=O) groups excluding carboxylic acids is 1. The highest BCUT2D eigenvalue weighted by atomic mass is 35.5. The van der Waals surface area contributed by atoms with E-state index in [0.717, 1.165) is 16.3 Å². The molecule has 0 N–H and O–H groups in total. The second kappa shape index (κ2) is 7.43. The zero-order valence-corrected chi connectivity index (χ0v) is 15.7. The van der Waals surface area contributed by atoms with Crippen molar-refractivity contribution in [2.75, 3.05) is 0 Å². The van der Waals surface area contributed by atoms with Gasteiger partial charge in [-0.1, -0.05) is 59.6 Å². The number of benzene rings is 3. The molecule has 0 unspecified atom stereocenters. The molecule has 0 aliphatic heterocycles. The summed E-state index contributed by atoms with van der Waals surface area (Å²) in [6.45, 7) is 0. The third kappa shape index (κ3) is 3.82. The molecular formula is C23H14Cl2O2. The van der Waals surface area contributed by atoms with E-state index in [0.29, 0.717) is 27.1 Å². The Morgan fingerprint density at radius 2 is 1.63 bits per heavy atom. The SMILES string of the molecule is O=C(/C=C/c1ccc(-c2ccc(Cl)c(Cl)c2)o1)c1ccc2ccccc2c1. The van der Waals surface area contributed by atoms with E-state index in [2.05, 4.69) is 0 Å². The van der Waals surface area contributed by atoms with Crippen molar-refractivity contribution in [3.63, 3.8) is 0 Å². The van der Waals surface area contributed by atoms with Crippen molar-refractivity contribution in [1.29, 1.82) is 0 Å². The van der Waals surface area contributed by atoms with Crippen LogP contribution in [0.1, 0.15) is 16.1 Å². The van der Waals surface area contributed by atoms with Gasteiger partial charge in [0.25, 0.3) is 0 Å². The normalized spacial score (nSPS) is 11.3. The Bertz CT molecular complexity index is 1170. The second-order valence-corrected chi connectivity index (χ2v) is 6.90. The highest BCUT2D eigenvalue weighted by molar-refractivity contribution is 6.42. The van der Waals surface area contributed by atoms with Crippen molar-refractivity contribution in [3.05, 3.63) is 100 Å². The number of halogens is 2. The highest BCUT2D eigenvalue weighted by Gasteiger charge is 2.07. The molecule has 1 aromatic heterocycles. The van der Waals surface area contributed by atoms with Crippen molar-refractivity contribution in [1.82, 2.24) is 0 Å². The molecule has 132 valence electrons. The molecule has 4 rings (SSSR count). The zero-order valence-electron chi connectivity index (χ0n) is 14.2. The molecule has 0 saturated carbocycles. The summed E-state index contributed by atoms with van der Waals surface area (Å²) in [6, 6.07) is 22.6. The Morgan fingerprint density at radius 3 is 2.44 bits per heavy atom. The lowest BCUT2D eigenvalue weighted by Gasteiger charge is -2.00. The highest BCUT2D eigenvalue weighted by Crippen LogP contribution is 2.29. The van der Waals surface area contributed by atoms with Gasteiger partial charge in [0.05, 0.1) is 10.0 Å². The number of furan rings is 1. The first-order valence-corrected chi connectivity index (χ1v) is 9.12. The monoisotopic (exact) mass is 392 g/mol. The molecule has 0 atom stereocenters. The second-order valence-electron chi connectivity index (χ2n) is 6.09. The van der Waals surface area contributed by atoms with Crippen LogP contribution < -0.4 is 0 Å². The first kappa shape index (κ1) is 17.6. The maximum atomic E-state index is 12.5. The van der Waals surface area contributed by atoms with E-state index in [9.17, 15) is 4.79 Å². The first-order chi connectivity index (χ1) is 13.1. The van der Waals surface area contributed by atoms with E-state index < -0.39 is 0 Å². The summed E-state index contributed by atoms with van der Waals surface area (Å²) in [7, 11) is 0. The zero-order chi connectivity index (χ0) is 18.8. The molecule has 0 aliphatic carbocycles. The number of ketones is 1. The molecule has 0 radical (unpaired) electrons. The van der Waals surface area contributed by atoms with Gasteiger partial charge in [0, 0.05) is 11.1 Å². The maximum Gasteiger partial charge on any atom is 0.185 e. The van der Waals surface area contributed by atoms with Crippen molar-refractivity contribution >= 4 is 45.8 Å². The maximum absolute atomic E-state index is 12.5. The average Bonchev–Trinajstić information content (AvgIpc) is 3.17. The van der Waals surface area contributed by atoms with Gasteiger partial charge < -0.3 is 4.42 Å². The number of fused-ring (bicyclic) bond motifs is 1. The molecule has 0 fully saturated rings. The lowest BCUT2D eigenvalue weighted by molar-refractivity contribution is 0.104. The smallest absolute Gasteiger partial charge is 0.185 e. The summed E-state index contributed by atoms with van der Waals surface area (Å²) in [6.07, 6.45) is 3.18. The van der Waals surface area contributed by atoms with Crippen molar-refractivity contribution in [2.45, 2.75) is 0 Å².